The fourth-order valence-corrected chi connectivity index (χ4v) is 2.94. The molecule has 0 radical (unpaired) electrons. The van der Waals surface area contributed by atoms with Gasteiger partial charge in [0, 0.05) is 17.6 Å². The van der Waals surface area contributed by atoms with E-state index in [9.17, 15) is 4.79 Å². The van der Waals surface area contributed by atoms with Crippen molar-refractivity contribution >= 4 is 34.1 Å². The number of nitrogens with two attached hydrogens (primary N) is 1. The van der Waals surface area contributed by atoms with E-state index < -0.39 is 6.04 Å². The molecule has 0 saturated carbocycles. The minimum Gasteiger partial charge on any atom is -0.346 e. The Morgan fingerprint density at radius 3 is 2.54 bits per heavy atom. The van der Waals surface area contributed by atoms with Gasteiger partial charge in [0.15, 0.2) is 0 Å². The second-order valence-corrected chi connectivity index (χ2v) is 6.45. The summed E-state index contributed by atoms with van der Waals surface area (Å²) >= 11 is 0. The number of fused-ring (bicyclic) bond motifs is 1. The van der Waals surface area contributed by atoms with Gasteiger partial charge in [0.25, 0.3) is 0 Å². The molecule has 0 saturated heterocycles. The number of anilines is 3. The van der Waals surface area contributed by atoms with Gasteiger partial charge < -0.3 is 21.4 Å². The van der Waals surface area contributed by atoms with Crippen LogP contribution in [-0.2, 0) is 11.2 Å². The molecule has 1 atom stereocenters. The summed E-state index contributed by atoms with van der Waals surface area (Å²) in [5, 5.41) is 7.03. The Bertz CT molecular complexity index is 1070. The third-order valence-corrected chi connectivity index (χ3v) is 4.40. The molecule has 2 aromatic carbocycles. The second-order valence-electron chi connectivity index (χ2n) is 6.45. The first-order chi connectivity index (χ1) is 13.7. The van der Waals surface area contributed by atoms with Crippen molar-refractivity contribution in [3.63, 3.8) is 0 Å². The van der Waals surface area contributed by atoms with E-state index in [1.165, 1.54) is 6.33 Å². The summed E-state index contributed by atoms with van der Waals surface area (Å²) in [5.74, 6) is 0.502. The molecule has 4 rings (SSSR count). The molecule has 1 unspecified atom stereocenters. The number of hydrogen-bond donors (Lipinski definition) is 4. The van der Waals surface area contributed by atoms with Crippen LogP contribution in [0.2, 0.25) is 0 Å². The molecule has 0 aliphatic rings. The Balaban J connectivity index is 1.39. The fourth-order valence-electron chi connectivity index (χ4n) is 2.94. The molecule has 0 bridgehead atoms. The number of H-pyrrole nitrogens is 1. The zero-order valence-electron chi connectivity index (χ0n) is 15.1. The zero-order valence-corrected chi connectivity index (χ0v) is 15.1. The molecule has 0 aliphatic carbocycles. The maximum Gasteiger partial charge on any atom is 0.241 e. The molecule has 28 heavy (non-hydrogen) atoms. The van der Waals surface area contributed by atoms with Gasteiger partial charge in [0.2, 0.25) is 5.91 Å². The van der Waals surface area contributed by atoms with Crippen molar-refractivity contribution in [2.45, 2.75) is 12.5 Å². The third kappa shape index (κ3) is 3.99. The molecule has 2 heterocycles. The molecular weight excluding hydrogens is 352 g/mol. The van der Waals surface area contributed by atoms with Gasteiger partial charge in [-0.05, 0) is 42.3 Å². The van der Waals surface area contributed by atoms with Crippen LogP contribution in [0.15, 0.2) is 73.2 Å². The van der Waals surface area contributed by atoms with Crippen LogP contribution < -0.4 is 16.4 Å². The lowest BCUT2D eigenvalue weighted by atomic mass is 10.1. The first kappa shape index (κ1) is 17.7. The van der Waals surface area contributed by atoms with E-state index in [-0.39, 0.29) is 5.91 Å². The van der Waals surface area contributed by atoms with Gasteiger partial charge in [-0.2, -0.15) is 0 Å². The van der Waals surface area contributed by atoms with Crippen LogP contribution in [0.3, 0.4) is 0 Å². The molecule has 5 N–H and O–H groups in total. The number of carbonyl (C=O) groups is 1. The molecule has 7 heteroatoms. The van der Waals surface area contributed by atoms with Crippen LogP contribution in [0, 0.1) is 0 Å². The number of amides is 1. The highest BCUT2D eigenvalue weighted by Crippen LogP contribution is 2.23. The first-order valence-corrected chi connectivity index (χ1v) is 8.94. The van der Waals surface area contributed by atoms with E-state index in [4.69, 9.17) is 5.73 Å². The molecule has 7 nitrogen and oxygen atoms in total. The maximum absolute atomic E-state index is 12.3. The topological polar surface area (TPSA) is 109 Å². The Hall–Kier alpha value is -3.71. The summed E-state index contributed by atoms with van der Waals surface area (Å²) in [6, 6.07) is 18.4. The van der Waals surface area contributed by atoms with E-state index >= 15 is 0 Å². The minimum absolute atomic E-state index is 0.214. The molecule has 4 aromatic rings. The van der Waals surface area contributed by atoms with Gasteiger partial charge in [0.1, 0.15) is 17.8 Å². The van der Waals surface area contributed by atoms with Gasteiger partial charge in [-0.15, -0.1) is 0 Å². The van der Waals surface area contributed by atoms with Gasteiger partial charge in [-0.25, -0.2) is 9.97 Å². The summed E-state index contributed by atoms with van der Waals surface area (Å²) < 4.78 is 0. The van der Waals surface area contributed by atoms with E-state index in [1.54, 1.807) is 0 Å². The number of aromatic nitrogens is 3. The highest BCUT2D eigenvalue weighted by molar-refractivity contribution is 5.95. The Labute approximate surface area is 162 Å². The van der Waals surface area contributed by atoms with Crippen molar-refractivity contribution in [1.29, 1.82) is 0 Å². The van der Waals surface area contributed by atoms with Gasteiger partial charge in [-0.3, -0.25) is 4.79 Å². The maximum atomic E-state index is 12.3. The number of nitrogens with one attached hydrogen (secondary N) is 3. The van der Waals surface area contributed by atoms with Crippen LogP contribution in [0.25, 0.3) is 11.0 Å². The lowest BCUT2D eigenvalue weighted by molar-refractivity contribution is -0.117. The van der Waals surface area contributed by atoms with E-state index in [2.05, 4.69) is 25.6 Å². The average Bonchev–Trinajstić information content (AvgIpc) is 3.20. The number of hydrogen-bond acceptors (Lipinski definition) is 5. The molecule has 2 aromatic heterocycles. The number of nitrogens with zero attached hydrogens (tertiary/aromatic N) is 2. The number of rotatable bonds is 6. The molecule has 0 spiro atoms. The van der Waals surface area contributed by atoms with E-state index in [0.29, 0.717) is 17.9 Å². The molecule has 0 aliphatic heterocycles. The number of benzene rings is 2. The van der Waals surface area contributed by atoms with E-state index in [0.717, 1.165) is 22.3 Å². The monoisotopic (exact) mass is 372 g/mol. The van der Waals surface area contributed by atoms with Gasteiger partial charge in [0.05, 0.1) is 11.4 Å². The molecular formula is C21H20N6O. The van der Waals surface area contributed by atoms with Crippen molar-refractivity contribution in [3.8, 4) is 0 Å². The second kappa shape index (κ2) is 7.89. The summed E-state index contributed by atoms with van der Waals surface area (Å²) in [6.45, 7) is 0. The highest BCUT2D eigenvalue weighted by Gasteiger charge is 2.14. The lowest BCUT2D eigenvalue weighted by Crippen LogP contribution is -2.37. The van der Waals surface area contributed by atoms with Crippen molar-refractivity contribution in [2.75, 3.05) is 10.6 Å². The Morgan fingerprint density at radius 1 is 1.00 bits per heavy atom. The number of aromatic amines is 1. The largest absolute Gasteiger partial charge is 0.346 e. The molecule has 140 valence electrons. The van der Waals surface area contributed by atoms with Crippen molar-refractivity contribution in [2.24, 2.45) is 5.73 Å². The van der Waals surface area contributed by atoms with Crippen molar-refractivity contribution in [3.05, 3.63) is 78.8 Å². The van der Waals surface area contributed by atoms with Crippen LogP contribution in [0.4, 0.5) is 17.2 Å². The number of carbonyl (C=O) groups excluding carboxylic acids is 1. The summed E-state index contributed by atoms with van der Waals surface area (Å²) in [5.41, 5.74) is 9.38. The summed E-state index contributed by atoms with van der Waals surface area (Å²) in [4.78, 5) is 23.8. The molecule has 1 amide bonds. The average molecular weight is 372 g/mol. The quantitative estimate of drug-likeness (QED) is 0.416. The third-order valence-electron chi connectivity index (χ3n) is 4.40. The van der Waals surface area contributed by atoms with Gasteiger partial charge in [-0.1, -0.05) is 30.3 Å². The fraction of sp³-hybridized carbons (Fsp3) is 0.0952. The van der Waals surface area contributed by atoms with Crippen molar-refractivity contribution in [1.82, 2.24) is 15.0 Å². The first-order valence-electron chi connectivity index (χ1n) is 8.94. The van der Waals surface area contributed by atoms with Gasteiger partial charge >= 0.3 is 0 Å². The van der Waals surface area contributed by atoms with Crippen molar-refractivity contribution < 1.29 is 4.79 Å². The Morgan fingerprint density at radius 2 is 1.75 bits per heavy atom. The smallest absolute Gasteiger partial charge is 0.241 e. The summed E-state index contributed by atoms with van der Waals surface area (Å²) in [6.07, 6.45) is 3.82. The highest BCUT2D eigenvalue weighted by atomic mass is 16.2. The normalized spacial score (nSPS) is 11.9. The predicted molar refractivity (Wildman–Crippen MR) is 110 cm³/mol. The SMILES string of the molecule is NC(Cc1ccccc1)C(=O)Nc1ccc(Nc2ncnc3[nH]ccc23)cc1. The predicted octanol–water partition coefficient (Wildman–Crippen LogP) is 3.21. The van der Waals surface area contributed by atoms with Crippen LogP contribution in [0.1, 0.15) is 5.56 Å². The lowest BCUT2D eigenvalue weighted by Gasteiger charge is -2.13. The van der Waals surface area contributed by atoms with E-state index in [1.807, 2.05) is 66.9 Å². The van der Waals surface area contributed by atoms with Crippen LogP contribution >= 0.6 is 0 Å². The van der Waals surface area contributed by atoms with Crippen LogP contribution in [0.5, 0.6) is 0 Å². The van der Waals surface area contributed by atoms with Crippen LogP contribution in [-0.4, -0.2) is 26.9 Å². The minimum atomic E-state index is -0.608. The zero-order chi connectivity index (χ0) is 19.3. The molecule has 0 fully saturated rings. The standard InChI is InChI=1S/C21H20N6O/c22-18(12-14-4-2-1-3-5-14)21(28)27-16-8-6-15(7-9-16)26-20-17-10-11-23-19(17)24-13-25-20/h1-11,13,18H,12,22H2,(H,27,28)(H2,23,24,25,26). The summed E-state index contributed by atoms with van der Waals surface area (Å²) in [7, 11) is 0. The Kier molecular flexibility index (Phi) is 4.99.